The number of rotatable bonds is 8. The fourth-order valence-electron chi connectivity index (χ4n) is 5.96. The summed E-state index contributed by atoms with van der Waals surface area (Å²) in [6.45, 7) is 12.3. The predicted octanol–water partition coefficient (Wildman–Crippen LogP) is 5.61. The van der Waals surface area contributed by atoms with Gasteiger partial charge in [0.1, 0.15) is 0 Å². The Bertz CT molecular complexity index is 360. The maximum Gasteiger partial charge on any atom is 0.192 e. The molecule has 2 saturated carbocycles. The smallest absolute Gasteiger partial charge is 0.192 e. The molecule has 0 aromatic carbocycles. The average Bonchev–Trinajstić information content (AvgIpc) is 2.91. The van der Waals surface area contributed by atoms with Gasteiger partial charge in [0.05, 0.1) is 0 Å². The third-order valence-corrected chi connectivity index (χ3v) is 12.4. The fourth-order valence-corrected chi connectivity index (χ4v) is 8.89. The van der Waals surface area contributed by atoms with Crippen LogP contribution in [0.5, 0.6) is 0 Å². The second kappa shape index (κ2) is 8.01. The molecule has 0 aromatic heterocycles. The molecule has 2 fully saturated rings. The van der Waals surface area contributed by atoms with Crippen molar-refractivity contribution in [2.45, 2.75) is 97.4 Å². The number of aliphatic hydroxyl groups excluding tert-OH is 1. The molecule has 0 saturated heterocycles. The lowest BCUT2D eigenvalue weighted by molar-refractivity contribution is -0.0214. The van der Waals surface area contributed by atoms with E-state index in [0.29, 0.717) is 24.0 Å². The molecular weight excluding hydrogens is 300 g/mol. The first kappa shape index (κ1) is 19.5. The SMILES string of the molecule is CC[Si](CC)(CC)O[C@H]1CCC[C@]2(C)[C@@H]([C@@H](C)CCO)CC[C@@H]12. The molecule has 0 radical (unpaired) electrons. The summed E-state index contributed by atoms with van der Waals surface area (Å²) >= 11 is 0. The summed E-state index contributed by atoms with van der Waals surface area (Å²) in [5.74, 6) is 2.20. The first-order valence-corrected chi connectivity index (χ1v) is 12.8. The van der Waals surface area contributed by atoms with Crippen LogP contribution in [-0.2, 0) is 4.43 Å². The summed E-state index contributed by atoms with van der Waals surface area (Å²) in [5, 5.41) is 9.36. The highest BCUT2D eigenvalue weighted by molar-refractivity contribution is 6.73. The highest BCUT2D eigenvalue weighted by atomic mass is 28.4. The van der Waals surface area contributed by atoms with Crippen LogP contribution in [0.4, 0.5) is 0 Å². The van der Waals surface area contributed by atoms with Gasteiger partial charge in [-0.2, -0.15) is 0 Å². The van der Waals surface area contributed by atoms with Gasteiger partial charge in [-0.1, -0.05) is 41.0 Å². The lowest BCUT2D eigenvalue weighted by Gasteiger charge is -2.48. The van der Waals surface area contributed by atoms with E-state index < -0.39 is 8.32 Å². The Morgan fingerprint density at radius 3 is 2.35 bits per heavy atom. The Morgan fingerprint density at radius 2 is 1.78 bits per heavy atom. The summed E-state index contributed by atoms with van der Waals surface area (Å²) in [7, 11) is -1.50. The van der Waals surface area contributed by atoms with E-state index in [2.05, 4.69) is 34.6 Å². The molecule has 0 spiro atoms. The lowest BCUT2D eigenvalue weighted by atomic mass is 9.61. The molecule has 0 amide bonds. The van der Waals surface area contributed by atoms with Crippen molar-refractivity contribution in [2.24, 2.45) is 23.2 Å². The second-order valence-electron chi connectivity index (χ2n) is 8.58. The molecule has 2 rings (SSSR count). The normalized spacial score (nSPS) is 36.0. The molecular formula is C20H40O2Si. The highest BCUT2D eigenvalue weighted by Crippen LogP contribution is 2.59. The van der Waals surface area contributed by atoms with E-state index in [-0.39, 0.29) is 0 Å². The van der Waals surface area contributed by atoms with Crippen LogP contribution in [0.1, 0.15) is 73.1 Å². The Balaban J connectivity index is 2.14. The molecule has 0 unspecified atom stereocenters. The van der Waals surface area contributed by atoms with E-state index in [1.165, 1.54) is 50.2 Å². The Morgan fingerprint density at radius 1 is 1.13 bits per heavy atom. The molecule has 0 aromatic rings. The van der Waals surface area contributed by atoms with Gasteiger partial charge in [-0.05, 0) is 73.4 Å². The predicted molar refractivity (Wildman–Crippen MR) is 101 cm³/mol. The number of hydrogen-bond acceptors (Lipinski definition) is 2. The molecule has 5 atom stereocenters. The van der Waals surface area contributed by atoms with Crippen molar-refractivity contribution in [3.05, 3.63) is 0 Å². The highest BCUT2D eigenvalue weighted by Gasteiger charge is 2.53. The minimum absolute atomic E-state index is 0.343. The van der Waals surface area contributed by atoms with E-state index in [9.17, 15) is 5.11 Å². The lowest BCUT2D eigenvalue weighted by Crippen LogP contribution is -2.48. The van der Waals surface area contributed by atoms with Gasteiger partial charge >= 0.3 is 0 Å². The van der Waals surface area contributed by atoms with Crippen molar-refractivity contribution in [2.75, 3.05) is 6.61 Å². The zero-order chi connectivity index (χ0) is 17.1. The van der Waals surface area contributed by atoms with Crippen LogP contribution in [0.25, 0.3) is 0 Å². The fraction of sp³-hybridized carbons (Fsp3) is 1.00. The van der Waals surface area contributed by atoms with Crippen molar-refractivity contribution < 1.29 is 9.53 Å². The third-order valence-electron chi connectivity index (χ3n) is 7.74. The van der Waals surface area contributed by atoms with Crippen LogP contribution in [0.3, 0.4) is 0 Å². The zero-order valence-corrected chi connectivity index (χ0v) is 17.2. The molecule has 0 aliphatic heterocycles. The van der Waals surface area contributed by atoms with E-state index >= 15 is 0 Å². The summed E-state index contributed by atoms with van der Waals surface area (Å²) in [4.78, 5) is 0. The van der Waals surface area contributed by atoms with Crippen LogP contribution in [0.15, 0.2) is 0 Å². The average molecular weight is 341 g/mol. The van der Waals surface area contributed by atoms with Crippen molar-refractivity contribution in [3.8, 4) is 0 Å². The first-order chi connectivity index (χ1) is 11.0. The van der Waals surface area contributed by atoms with Crippen LogP contribution >= 0.6 is 0 Å². The molecule has 0 heterocycles. The van der Waals surface area contributed by atoms with Gasteiger partial charge in [0, 0.05) is 12.7 Å². The van der Waals surface area contributed by atoms with Gasteiger partial charge < -0.3 is 9.53 Å². The second-order valence-corrected chi connectivity index (χ2v) is 13.3. The molecule has 1 N–H and O–H groups in total. The minimum Gasteiger partial charge on any atom is -0.414 e. The van der Waals surface area contributed by atoms with Crippen molar-refractivity contribution in [1.82, 2.24) is 0 Å². The summed E-state index contributed by atoms with van der Waals surface area (Å²) in [6, 6.07) is 3.80. The molecule has 23 heavy (non-hydrogen) atoms. The molecule has 2 aliphatic carbocycles. The van der Waals surface area contributed by atoms with Crippen LogP contribution in [-0.4, -0.2) is 26.1 Å². The monoisotopic (exact) mass is 340 g/mol. The maximum absolute atomic E-state index is 9.36. The topological polar surface area (TPSA) is 29.5 Å². The Labute approximate surface area is 145 Å². The minimum atomic E-state index is -1.50. The van der Waals surface area contributed by atoms with E-state index in [1.54, 1.807) is 0 Å². The van der Waals surface area contributed by atoms with Crippen LogP contribution in [0.2, 0.25) is 18.1 Å². The number of aliphatic hydroxyl groups is 1. The van der Waals surface area contributed by atoms with Gasteiger partial charge in [-0.3, -0.25) is 0 Å². The Hall–Kier alpha value is 0.137. The molecule has 136 valence electrons. The standard InChI is InChI=1S/C20H40O2Si/c1-6-23(7-2,8-3)22-19-10-9-14-20(5)17(11-12-18(19)20)16(4)13-15-21/h16-19,21H,6-15H2,1-5H3/t16-,17+,18-,19-,20+/m0/s1. The van der Waals surface area contributed by atoms with Gasteiger partial charge in [0.25, 0.3) is 0 Å². The van der Waals surface area contributed by atoms with Crippen molar-refractivity contribution >= 4 is 8.32 Å². The molecule has 2 aliphatic rings. The van der Waals surface area contributed by atoms with Gasteiger partial charge in [0.15, 0.2) is 8.32 Å². The van der Waals surface area contributed by atoms with E-state index in [1.807, 2.05) is 0 Å². The van der Waals surface area contributed by atoms with Crippen LogP contribution < -0.4 is 0 Å². The molecule has 0 bridgehead atoms. The van der Waals surface area contributed by atoms with Gasteiger partial charge in [0.2, 0.25) is 0 Å². The van der Waals surface area contributed by atoms with Gasteiger partial charge in [-0.25, -0.2) is 0 Å². The number of fused-ring (bicyclic) bond motifs is 1. The first-order valence-electron chi connectivity index (χ1n) is 10.2. The number of hydrogen-bond donors (Lipinski definition) is 1. The van der Waals surface area contributed by atoms with Gasteiger partial charge in [-0.15, -0.1) is 0 Å². The van der Waals surface area contributed by atoms with Crippen molar-refractivity contribution in [1.29, 1.82) is 0 Å². The Kier molecular flexibility index (Phi) is 6.78. The zero-order valence-electron chi connectivity index (χ0n) is 16.2. The third kappa shape index (κ3) is 3.72. The summed E-state index contributed by atoms with van der Waals surface area (Å²) in [5.41, 5.74) is 0.451. The van der Waals surface area contributed by atoms with Crippen LogP contribution in [0, 0.1) is 23.2 Å². The summed E-state index contributed by atoms with van der Waals surface area (Å²) in [6.07, 6.45) is 8.18. The maximum atomic E-state index is 9.36. The van der Waals surface area contributed by atoms with E-state index in [4.69, 9.17) is 4.43 Å². The largest absolute Gasteiger partial charge is 0.414 e. The summed E-state index contributed by atoms with van der Waals surface area (Å²) < 4.78 is 6.98. The molecule has 3 heteroatoms. The van der Waals surface area contributed by atoms with E-state index in [0.717, 1.165) is 18.3 Å². The quantitative estimate of drug-likeness (QED) is 0.582. The van der Waals surface area contributed by atoms with Crippen molar-refractivity contribution in [3.63, 3.8) is 0 Å². The molecule has 2 nitrogen and oxygen atoms in total.